The number of nitrogens with zero attached hydrogens (tertiary/aromatic N) is 1. The molecule has 2 fully saturated rings. The van der Waals surface area contributed by atoms with E-state index in [-0.39, 0.29) is 47.6 Å². The van der Waals surface area contributed by atoms with Crippen LogP contribution in [0.1, 0.15) is 32.9 Å². The summed E-state index contributed by atoms with van der Waals surface area (Å²) >= 11 is 0. The fraction of sp³-hybridized carbons (Fsp3) is 0.550. The van der Waals surface area contributed by atoms with E-state index >= 15 is 0 Å². The quantitative estimate of drug-likeness (QED) is 0.603. The van der Waals surface area contributed by atoms with Gasteiger partial charge in [0.25, 0.3) is 0 Å². The van der Waals surface area contributed by atoms with E-state index in [1.807, 2.05) is 39.2 Å². The molecule has 0 N–H and O–H groups in total. The van der Waals surface area contributed by atoms with Crippen LogP contribution in [0.4, 0.5) is 0 Å². The Bertz CT molecular complexity index is 702. The summed E-state index contributed by atoms with van der Waals surface area (Å²) in [6, 6.07) is 4.01. The predicted molar refractivity (Wildman–Crippen MR) is 101 cm³/mol. The second-order valence-corrected chi connectivity index (χ2v) is 7.70. The van der Waals surface area contributed by atoms with Gasteiger partial charge in [0, 0.05) is 25.0 Å². The number of carbonyl (C=O) groups is 2. The zero-order valence-corrected chi connectivity index (χ0v) is 15.8. The van der Waals surface area contributed by atoms with Crippen molar-refractivity contribution < 1.29 is 19.1 Å². The predicted octanol–water partition coefficient (Wildman–Crippen LogP) is 1.37. The summed E-state index contributed by atoms with van der Waals surface area (Å²) < 4.78 is 10.9. The van der Waals surface area contributed by atoms with Gasteiger partial charge in [-0.25, -0.2) is 0 Å². The van der Waals surface area contributed by atoms with Gasteiger partial charge in [-0.3, -0.25) is 14.6 Å². The average molecular weight is 355 g/mol. The summed E-state index contributed by atoms with van der Waals surface area (Å²) in [6.45, 7) is 5.90. The number of hydrogen-bond acceptors (Lipinski definition) is 5. The number of allylic oxidation sites excluding steroid dienone is 1. The standard InChI is InChI=1S/C20H26BNO4/c1-11-8-17-19(12(2)26-20(17)24)16(18(11)10-25-13(3)23)7-6-15-5-4-14(21)9-22-15/h4-7,9,11-12,16-19H,8,10,21H2,1-3H3/b7-6+/t11-,12+,16-,17+,18?,19-/m0/s1. The first-order chi connectivity index (χ1) is 12.4. The number of rotatable bonds is 4. The first kappa shape index (κ1) is 18.7. The maximum Gasteiger partial charge on any atom is 0.309 e. The van der Waals surface area contributed by atoms with Crippen LogP contribution in [0.2, 0.25) is 0 Å². The van der Waals surface area contributed by atoms with Crippen molar-refractivity contribution in [1.82, 2.24) is 4.98 Å². The van der Waals surface area contributed by atoms with Crippen molar-refractivity contribution in [3.8, 4) is 0 Å². The molecule has 0 bridgehead atoms. The number of esters is 2. The van der Waals surface area contributed by atoms with E-state index in [1.165, 1.54) is 6.92 Å². The lowest BCUT2D eigenvalue weighted by atomic mass is 9.62. The van der Waals surface area contributed by atoms with Gasteiger partial charge >= 0.3 is 11.9 Å². The minimum Gasteiger partial charge on any atom is -0.466 e. The molecular weight excluding hydrogens is 329 g/mol. The number of hydrogen-bond donors (Lipinski definition) is 0. The van der Waals surface area contributed by atoms with E-state index < -0.39 is 0 Å². The van der Waals surface area contributed by atoms with Crippen LogP contribution in [0.3, 0.4) is 0 Å². The lowest BCUT2D eigenvalue weighted by molar-refractivity contribution is -0.146. The maximum absolute atomic E-state index is 12.3. The van der Waals surface area contributed by atoms with E-state index in [4.69, 9.17) is 9.47 Å². The van der Waals surface area contributed by atoms with Crippen LogP contribution in [0.15, 0.2) is 24.4 Å². The highest BCUT2D eigenvalue weighted by atomic mass is 16.6. The second kappa shape index (κ2) is 7.64. The zero-order chi connectivity index (χ0) is 18.8. The molecular formula is C20H26BNO4. The highest BCUT2D eigenvalue weighted by molar-refractivity contribution is 6.32. The molecule has 6 heteroatoms. The van der Waals surface area contributed by atoms with Gasteiger partial charge in [0.15, 0.2) is 0 Å². The molecule has 138 valence electrons. The molecule has 1 aliphatic carbocycles. The second-order valence-electron chi connectivity index (χ2n) is 7.70. The molecule has 6 atom stereocenters. The summed E-state index contributed by atoms with van der Waals surface area (Å²) in [5.41, 5.74) is 2.00. The number of cyclic esters (lactones) is 1. The van der Waals surface area contributed by atoms with Crippen molar-refractivity contribution in [2.45, 2.75) is 33.3 Å². The minimum atomic E-state index is -0.269. The van der Waals surface area contributed by atoms with Gasteiger partial charge in [-0.15, -0.1) is 0 Å². The van der Waals surface area contributed by atoms with Crippen molar-refractivity contribution in [3.05, 3.63) is 30.1 Å². The molecule has 0 aromatic carbocycles. The Balaban J connectivity index is 1.88. The van der Waals surface area contributed by atoms with Crippen LogP contribution in [0.25, 0.3) is 6.08 Å². The van der Waals surface area contributed by atoms with Gasteiger partial charge < -0.3 is 9.47 Å². The Morgan fingerprint density at radius 1 is 1.42 bits per heavy atom. The maximum atomic E-state index is 12.3. The highest BCUT2D eigenvalue weighted by Crippen LogP contribution is 2.49. The van der Waals surface area contributed by atoms with Crippen LogP contribution < -0.4 is 5.46 Å². The van der Waals surface area contributed by atoms with Crippen LogP contribution in [-0.4, -0.2) is 37.5 Å². The van der Waals surface area contributed by atoms with Gasteiger partial charge in [-0.05, 0) is 37.3 Å². The van der Waals surface area contributed by atoms with Crippen LogP contribution >= 0.6 is 0 Å². The Labute approximate surface area is 155 Å². The molecule has 1 aromatic rings. The molecule has 1 aromatic heterocycles. The van der Waals surface area contributed by atoms with Crippen molar-refractivity contribution in [1.29, 1.82) is 0 Å². The number of ether oxygens (including phenoxy) is 2. The van der Waals surface area contributed by atoms with Gasteiger partial charge in [-0.1, -0.05) is 24.5 Å². The van der Waals surface area contributed by atoms with Gasteiger partial charge in [0.05, 0.1) is 18.2 Å². The van der Waals surface area contributed by atoms with Gasteiger partial charge in [-0.2, -0.15) is 0 Å². The zero-order valence-electron chi connectivity index (χ0n) is 15.8. The SMILES string of the molecule is Bc1ccc(/C=C/[C@H]2C(COC(C)=O)[C@@H](C)C[C@H]3C(=O)O[C@H](C)[C@H]32)nc1. The third-order valence-corrected chi connectivity index (χ3v) is 5.81. The molecule has 5 nitrogen and oxygen atoms in total. The summed E-state index contributed by atoms with van der Waals surface area (Å²) in [4.78, 5) is 28.0. The Hall–Kier alpha value is -2.11. The molecule has 0 radical (unpaired) electrons. The molecule has 1 aliphatic heterocycles. The lowest BCUT2D eigenvalue weighted by Crippen LogP contribution is -2.42. The summed E-state index contributed by atoms with van der Waals surface area (Å²) in [5, 5.41) is 0. The monoisotopic (exact) mass is 355 g/mol. The first-order valence-electron chi connectivity index (χ1n) is 9.31. The van der Waals surface area contributed by atoms with E-state index in [1.54, 1.807) is 0 Å². The van der Waals surface area contributed by atoms with Crippen LogP contribution in [0.5, 0.6) is 0 Å². The summed E-state index contributed by atoms with van der Waals surface area (Å²) in [5.74, 6) is 0.219. The Kier molecular flexibility index (Phi) is 5.49. The van der Waals surface area contributed by atoms with Gasteiger partial charge in [0.2, 0.25) is 0 Å². The third kappa shape index (κ3) is 3.84. The van der Waals surface area contributed by atoms with E-state index in [0.29, 0.717) is 6.61 Å². The largest absolute Gasteiger partial charge is 0.466 e. The number of pyridine rings is 1. The minimum absolute atomic E-state index is 0.0748. The Morgan fingerprint density at radius 2 is 2.19 bits per heavy atom. The molecule has 0 amide bonds. The summed E-state index contributed by atoms with van der Waals surface area (Å²) in [6.07, 6.45) is 6.65. The molecule has 26 heavy (non-hydrogen) atoms. The third-order valence-electron chi connectivity index (χ3n) is 5.81. The fourth-order valence-corrected chi connectivity index (χ4v) is 4.46. The van der Waals surface area contributed by atoms with Crippen molar-refractivity contribution in [2.24, 2.45) is 29.6 Å². The molecule has 1 saturated heterocycles. The van der Waals surface area contributed by atoms with E-state index in [2.05, 4.69) is 18.0 Å². The lowest BCUT2D eigenvalue weighted by Gasteiger charge is -2.41. The molecule has 0 spiro atoms. The topological polar surface area (TPSA) is 65.5 Å². The molecule has 1 saturated carbocycles. The van der Waals surface area contributed by atoms with E-state index in [9.17, 15) is 9.59 Å². The molecule has 2 heterocycles. The first-order valence-corrected chi connectivity index (χ1v) is 9.31. The smallest absolute Gasteiger partial charge is 0.309 e. The van der Waals surface area contributed by atoms with Crippen LogP contribution in [-0.2, 0) is 19.1 Å². The van der Waals surface area contributed by atoms with Crippen molar-refractivity contribution in [3.63, 3.8) is 0 Å². The fourth-order valence-electron chi connectivity index (χ4n) is 4.46. The molecule has 1 unspecified atom stereocenters. The van der Waals surface area contributed by atoms with Crippen LogP contribution in [0, 0.1) is 29.6 Å². The van der Waals surface area contributed by atoms with Crippen molar-refractivity contribution in [2.75, 3.05) is 6.61 Å². The van der Waals surface area contributed by atoms with Crippen molar-refractivity contribution >= 4 is 31.3 Å². The molecule has 2 aliphatic rings. The summed E-state index contributed by atoms with van der Waals surface area (Å²) in [7, 11) is 2.01. The molecule has 3 rings (SSSR count). The van der Waals surface area contributed by atoms with E-state index in [0.717, 1.165) is 17.6 Å². The number of carbonyl (C=O) groups excluding carboxylic acids is 2. The Morgan fingerprint density at radius 3 is 2.85 bits per heavy atom. The highest BCUT2D eigenvalue weighted by Gasteiger charge is 2.52. The number of fused-ring (bicyclic) bond motifs is 1. The van der Waals surface area contributed by atoms with Gasteiger partial charge in [0.1, 0.15) is 14.0 Å². The normalized spacial score (nSPS) is 33.7. The average Bonchev–Trinajstić information content (AvgIpc) is 2.86. The number of aromatic nitrogens is 1.